The number of aldehydes is 2. The average Bonchev–Trinajstić information content (AvgIpc) is 2.29. The highest BCUT2D eigenvalue weighted by molar-refractivity contribution is 5.91. The third-order valence-electron chi connectivity index (χ3n) is 2.02. The van der Waals surface area contributed by atoms with Gasteiger partial charge in [-0.3, -0.25) is 9.59 Å². The van der Waals surface area contributed by atoms with E-state index in [9.17, 15) is 9.59 Å². The van der Waals surface area contributed by atoms with E-state index < -0.39 is 0 Å². The van der Waals surface area contributed by atoms with Crippen LogP contribution in [0.25, 0.3) is 10.4 Å². The van der Waals surface area contributed by atoms with Gasteiger partial charge in [-0.2, -0.15) is 0 Å². The van der Waals surface area contributed by atoms with E-state index >= 15 is 0 Å². The molecule has 1 aromatic rings. The molecule has 5 heteroatoms. The van der Waals surface area contributed by atoms with E-state index in [4.69, 9.17) is 5.53 Å². The Kier molecular flexibility index (Phi) is 4.06. The molecular formula is C10H9N3O2. The fourth-order valence-corrected chi connectivity index (χ4v) is 1.31. The second-order valence-electron chi connectivity index (χ2n) is 2.86. The first-order chi connectivity index (χ1) is 7.33. The number of benzene rings is 1. The van der Waals surface area contributed by atoms with E-state index in [-0.39, 0.29) is 6.54 Å². The molecule has 0 aromatic heterocycles. The van der Waals surface area contributed by atoms with Crippen LogP contribution in [-0.2, 0) is 6.42 Å². The Balaban J connectivity index is 3.00. The van der Waals surface area contributed by atoms with Crippen LogP contribution < -0.4 is 0 Å². The predicted molar refractivity (Wildman–Crippen MR) is 54.9 cm³/mol. The molecule has 0 unspecified atom stereocenters. The number of hydrogen-bond acceptors (Lipinski definition) is 3. The second kappa shape index (κ2) is 5.57. The molecule has 76 valence electrons. The smallest absolute Gasteiger partial charge is 0.151 e. The molecule has 1 aromatic carbocycles. The Morgan fingerprint density at radius 1 is 1.33 bits per heavy atom. The zero-order chi connectivity index (χ0) is 11.1. The highest BCUT2D eigenvalue weighted by Crippen LogP contribution is 2.12. The summed E-state index contributed by atoms with van der Waals surface area (Å²) in [5.74, 6) is 0. The van der Waals surface area contributed by atoms with Gasteiger partial charge in [0.15, 0.2) is 12.6 Å². The van der Waals surface area contributed by atoms with Crippen molar-refractivity contribution >= 4 is 12.6 Å². The van der Waals surface area contributed by atoms with Gasteiger partial charge in [-0.15, -0.1) is 0 Å². The minimum absolute atomic E-state index is 0.277. The van der Waals surface area contributed by atoms with Crippen molar-refractivity contribution in [2.24, 2.45) is 5.11 Å². The molecule has 0 amide bonds. The Labute approximate surface area is 86.3 Å². The van der Waals surface area contributed by atoms with Crippen molar-refractivity contribution in [1.29, 1.82) is 0 Å². The molecule has 0 saturated carbocycles. The van der Waals surface area contributed by atoms with Crippen molar-refractivity contribution in [3.8, 4) is 0 Å². The van der Waals surface area contributed by atoms with Crippen molar-refractivity contribution in [2.75, 3.05) is 6.54 Å². The summed E-state index contributed by atoms with van der Waals surface area (Å²) >= 11 is 0. The zero-order valence-electron chi connectivity index (χ0n) is 7.96. The van der Waals surface area contributed by atoms with E-state index in [0.717, 1.165) is 5.56 Å². The molecule has 0 bridgehead atoms. The van der Waals surface area contributed by atoms with E-state index in [0.29, 0.717) is 30.1 Å². The van der Waals surface area contributed by atoms with Crippen LogP contribution in [-0.4, -0.2) is 19.1 Å². The summed E-state index contributed by atoms with van der Waals surface area (Å²) in [6, 6.07) is 5.01. The number of azide groups is 1. The molecule has 0 saturated heterocycles. The lowest BCUT2D eigenvalue weighted by atomic mass is 10.0. The highest BCUT2D eigenvalue weighted by atomic mass is 16.1. The van der Waals surface area contributed by atoms with Gasteiger partial charge >= 0.3 is 0 Å². The van der Waals surface area contributed by atoms with Gasteiger partial charge in [0.1, 0.15) is 0 Å². The molecule has 0 fully saturated rings. The SMILES string of the molecule is [N-]=[N+]=NCCc1cccc(C=O)c1C=O. The molecule has 0 aliphatic carbocycles. The lowest BCUT2D eigenvalue weighted by Crippen LogP contribution is -1.99. The fourth-order valence-electron chi connectivity index (χ4n) is 1.31. The Morgan fingerprint density at radius 2 is 2.13 bits per heavy atom. The molecule has 0 aliphatic rings. The topological polar surface area (TPSA) is 82.9 Å². The van der Waals surface area contributed by atoms with Crippen LogP contribution in [0.2, 0.25) is 0 Å². The van der Waals surface area contributed by atoms with Gasteiger partial charge in [0.2, 0.25) is 0 Å². The summed E-state index contributed by atoms with van der Waals surface area (Å²) in [6.07, 6.45) is 1.75. The number of nitrogens with zero attached hydrogens (tertiary/aromatic N) is 3. The molecule has 0 radical (unpaired) electrons. The monoisotopic (exact) mass is 203 g/mol. The fraction of sp³-hybridized carbons (Fsp3) is 0.200. The van der Waals surface area contributed by atoms with E-state index in [1.807, 2.05) is 0 Å². The molecule has 0 atom stereocenters. The van der Waals surface area contributed by atoms with Gasteiger partial charge in [-0.25, -0.2) is 0 Å². The van der Waals surface area contributed by atoms with Gasteiger partial charge in [0.05, 0.1) is 0 Å². The van der Waals surface area contributed by atoms with Crippen LogP contribution in [0.1, 0.15) is 26.3 Å². The zero-order valence-corrected chi connectivity index (χ0v) is 7.96. The highest BCUT2D eigenvalue weighted by Gasteiger charge is 2.05. The standard InChI is InChI=1S/C10H9N3O2/c11-13-12-5-4-8-2-1-3-9(6-14)10(8)7-15/h1-3,6-7H,4-5H2. The lowest BCUT2D eigenvalue weighted by molar-refractivity contribution is 0.109. The van der Waals surface area contributed by atoms with Crippen molar-refractivity contribution in [1.82, 2.24) is 0 Å². The Morgan fingerprint density at radius 3 is 2.73 bits per heavy atom. The molecule has 0 heterocycles. The number of rotatable bonds is 5. The first-order valence-corrected chi connectivity index (χ1v) is 4.36. The van der Waals surface area contributed by atoms with Crippen LogP contribution in [0, 0.1) is 0 Å². The van der Waals surface area contributed by atoms with Gasteiger partial charge in [-0.05, 0) is 17.5 Å². The van der Waals surface area contributed by atoms with Gasteiger partial charge in [-0.1, -0.05) is 23.3 Å². The molecule has 15 heavy (non-hydrogen) atoms. The van der Waals surface area contributed by atoms with Crippen molar-refractivity contribution in [3.05, 3.63) is 45.3 Å². The largest absolute Gasteiger partial charge is 0.298 e. The summed E-state index contributed by atoms with van der Waals surface area (Å²) in [5, 5.41) is 3.37. The Bertz CT molecular complexity index is 423. The summed E-state index contributed by atoms with van der Waals surface area (Å²) in [6.45, 7) is 0.277. The molecular weight excluding hydrogens is 194 g/mol. The molecule has 0 N–H and O–H groups in total. The normalized spacial score (nSPS) is 9.07. The van der Waals surface area contributed by atoms with Crippen molar-refractivity contribution in [3.63, 3.8) is 0 Å². The van der Waals surface area contributed by atoms with Crippen LogP contribution >= 0.6 is 0 Å². The maximum atomic E-state index is 10.8. The van der Waals surface area contributed by atoms with Crippen LogP contribution in [0.3, 0.4) is 0 Å². The third-order valence-corrected chi connectivity index (χ3v) is 2.02. The minimum atomic E-state index is 0.277. The van der Waals surface area contributed by atoms with E-state index in [1.165, 1.54) is 0 Å². The molecule has 5 nitrogen and oxygen atoms in total. The first kappa shape index (κ1) is 10.9. The van der Waals surface area contributed by atoms with Crippen molar-refractivity contribution in [2.45, 2.75) is 6.42 Å². The van der Waals surface area contributed by atoms with E-state index in [2.05, 4.69) is 10.0 Å². The maximum Gasteiger partial charge on any atom is 0.151 e. The van der Waals surface area contributed by atoms with Crippen LogP contribution in [0.5, 0.6) is 0 Å². The Hall–Kier alpha value is -2.13. The predicted octanol–water partition coefficient (Wildman–Crippen LogP) is 2.16. The third kappa shape index (κ3) is 2.65. The summed E-state index contributed by atoms with van der Waals surface area (Å²) < 4.78 is 0. The van der Waals surface area contributed by atoms with Gasteiger partial charge in [0, 0.05) is 22.6 Å². The maximum absolute atomic E-state index is 10.8. The van der Waals surface area contributed by atoms with Gasteiger partial charge < -0.3 is 0 Å². The van der Waals surface area contributed by atoms with Gasteiger partial charge in [0.25, 0.3) is 0 Å². The molecule has 0 spiro atoms. The first-order valence-electron chi connectivity index (χ1n) is 4.36. The minimum Gasteiger partial charge on any atom is -0.298 e. The van der Waals surface area contributed by atoms with Crippen LogP contribution in [0.4, 0.5) is 0 Å². The average molecular weight is 203 g/mol. The number of carbonyl (C=O) groups excluding carboxylic acids is 2. The number of carbonyl (C=O) groups is 2. The lowest BCUT2D eigenvalue weighted by Gasteiger charge is -2.04. The van der Waals surface area contributed by atoms with Crippen LogP contribution in [0.15, 0.2) is 23.3 Å². The quantitative estimate of drug-likeness (QED) is 0.318. The summed E-state index contributed by atoms with van der Waals surface area (Å²) in [5.41, 5.74) is 9.57. The van der Waals surface area contributed by atoms with Crippen molar-refractivity contribution < 1.29 is 9.59 Å². The number of hydrogen-bond donors (Lipinski definition) is 0. The van der Waals surface area contributed by atoms with E-state index in [1.54, 1.807) is 18.2 Å². The molecule has 1 rings (SSSR count). The summed E-state index contributed by atoms with van der Waals surface area (Å²) in [7, 11) is 0. The second-order valence-corrected chi connectivity index (χ2v) is 2.86. The summed E-state index contributed by atoms with van der Waals surface area (Å²) in [4.78, 5) is 24.0. The molecule has 0 aliphatic heterocycles.